The van der Waals surface area contributed by atoms with E-state index in [0.717, 1.165) is 5.56 Å². The fourth-order valence-corrected chi connectivity index (χ4v) is 1.41. The summed E-state index contributed by atoms with van der Waals surface area (Å²) in [5.41, 5.74) is 0.969. The number of pyridine rings is 1. The van der Waals surface area contributed by atoms with Crippen molar-refractivity contribution in [3.05, 3.63) is 64.6 Å². The third-order valence-electron chi connectivity index (χ3n) is 2.11. The van der Waals surface area contributed by atoms with Gasteiger partial charge in [-0.1, -0.05) is 11.6 Å². The fraction of sp³-hybridized carbons (Fsp3) is 0.0769. The van der Waals surface area contributed by atoms with Crippen molar-refractivity contribution in [1.29, 1.82) is 0 Å². The van der Waals surface area contributed by atoms with Crippen LogP contribution in [-0.4, -0.2) is 4.98 Å². The molecule has 0 amide bonds. The minimum atomic E-state index is 0.388. The van der Waals surface area contributed by atoms with E-state index in [9.17, 15) is 0 Å². The quantitative estimate of drug-likeness (QED) is 0.765. The first-order valence-electron chi connectivity index (χ1n) is 4.99. The first-order valence-corrected chi connectivity index (χ1v) is 5.37. The molecule has 0 atom stereocenters. The van der Waals surface area contributed by atoms with Crippen LogP contribution in [0.15, 0.2) is 42.6 Å². The molecule has 0 N–H and O–H groups in total. The lowest BCUT2D eigenvalue weighted by Gasteiger charge is -2.04. The molecule has 3 nitrogen and oxygen atoms in total. The second kappa shape index (κ2) is 5.33. The molecule has 0 aliphatic rings. The average Bonchev–Trinajstić information content (AvgIpc) is 2.35. The summed E-state index contributed by atoms with van der Waals surface area (Å²) in [5.74, 6) is 1.18. The smallest absolute Gasteiger partial charge is 0.239 e. The number of hydrogen-bond acceptors (Lipinski definition) is 2. The Balaban J connectivity index is 2.09. The Hall–Kier alpha value is -2.05. The van der Waals surface area contributed by atoms with Crippen molar-refractivity contribution in [3.63, 3.8) is 0 Å². The minimum absolute atomic E-state index is 0.388. The molecule has 0 aliphatic carbocycles. The summed E-state index contributed by atoms with van der Waals surface area (Å²) in [6, 6.07) is 10.8. The van der Waals surface area contributed by atoms with Crippen molar-refractivity contribution in [2.75, 3.05) is 0 Å². The molecule has 0 aliphatic heterocycles. The Kier molecular flexibility index (Phi) is 3.59. The predicted octanol–water partition coefficient (Wildman–Crippen LogP) is 3.95. The van der Waals surface area contributed by atoms with E-state index >= 15 is 0 Å². The summed E-state index contributed by atoms with van der Waals surface area (Å²) in [7, 11) is 0. The summed E-state index contributed by atoms with van der Waals surface area (Å²) < 4.78 is 5.52. The first-order chi connectivity index (χ1) is 8.28. The van der Waals surface area contributed by atoms with Crippen LogP contribution < -0.4 is 4.74 Å². The second-order valence-corrected chi connectivity index (χ2v) is 3.81. The zero-order valence-electron chi connectivity index (χ0n) is 8.93. The first kappa shape index (κ1) is 11.4. The molecule has 0 radical (unpaired) electrons. The molecule has 17 heavy (non-hydrogen) atoms. The molecule has 1 aromatic heterocycles. The highest BCUT2D eigenvalue weighted by atomic mass is 35.5. The van der Waals surface area contributed by atoms with Crippen LogP contribution in [0.2, 0.25) is 5.02 Å². The van der Waals surface area contributed by atoms with Crippen molar-refractivity contribution >= 4 is 11.6 Å². The maximum absolute atomic E-state index is 6.76. The predicted molar refractivity (Wildman–Crippen MR) is 66.1 cm³/mol. The van der Waals surface area contributed by atoms with Crippen LogP contribution in [0.1, 0.15) is 5.56 Å². The lowest BCUT2D eigenvalue weighted by atomic mass is 10.2. The number of rotatable bonds is 3. The molecule has 0 fully saturated rings. The van der Waals surface area contributed by atoms with Crippen molar-refractivity contribution in [1.82, 2.24) is 4.98 Å². The normalized spacial score (nSPS) is 9.65. The van der Waals surface area contributed by atoms with Gasteiger partial charge in [-0.05, 0) is 30.3 Å². The van der Waals surface area contributed by atoms with Gasteiger partial charge in [0, 0.05) is 17.8 Å². The molecule has 0 spiro atoms. The van der Waals surface area contributed by atoms with E-state index in [4.69, 9.17) is 22.9 Å². The zero-order valence-corrected chi connectivity index (χ0v) is 9.69. The van der Waals surface area contributed by atoms with Gasteiger partial charge in [-0.15, -0.1) is 0 Å². The van der Waals surface area contributed by atoms with Gasteiger partial charge in [0.2, 0.25) is 12.4 Å². The van der Waals surface area contributed by atoms with Crippen LogP contribution in [0.4, 0.5) is 0 Å². The van der Waals surface area contributed by atoms with Crippen molar-refractivity contribution < 1.29 is 4.74 Å². The van der Waals surface area contributed by atoms with Crippen molar-refractivity contribution in [2.24, 2.45) is 0 Å². The Morgan fingerprint density at radius 3 is 2.53 bits per heavy atom. The van der Waals surface area contributed by atoms with E-state index in [1.165, 1.54) is 6.20 Å². The molecule has 2 aromatic rings. The Morgan fingerprint density at radius 1 is 1.18 bits per heavy atom. The van der Waals surface area contributed by atoms with Gasteiger partial charge >= 0.3 is 0 Å². The molecule has 4 heteroatoms. The molecule has 0 bridgehead atoms. The van der Waals surface area contributed by atoms with Crippen molar-refractivity contribution in [2.45, 2.75) is 6.54 Å². The highest BCUT2D eigenvalue weighted by Gasteiger charge is 2.00. The average molecular weight is 245 g/mol. The van der Waals surface area contributed by atoms with Gasteiger partial charge in [0.1, 0.15) is 5.75 Å². The third-order valence-corrected chi connectivity index (χ3v) is 2.33. The summed E-state index contributed by atoms with van der Waals surface area (Å²) in [6.07, 6.45) is 1.53. The molecule has 1 aromatic carbocycles. The van der Waals surface area contributed by atoms with E-state index in [1.54, 1.807) is 12.1 Å². The van der Waals surface area contributed by atoms with E-state index in [0.29, 0.717) is 23.2 Å². The summed E-state index contributed by atoms with van der Waals surface area (Å²) >= 11 is 5.72. The number of halogens is 1. The maximum Gasteiger partial charge on any atom is 0.239 e. The number of nitrogens with zero attached hydrogens (tertiary/aromatic N) is 2. The van der Waals surface area contributed by atoms with Gasteiger partial charge in [0.15, 0.2) is 0 Å². The van der Waals surface area contributed by atoms with Crippen LogP contribution in [0.25, 0.3) is 4.85 Å². The Bertz CT molecular complexity index is 529. The maximum atomic E-state index is 6.76. The number of benzene rings is 1. The standard InChI is InChI=1S/C13H9ClN2O/c1-15-8-10-2-5-12(6-3-10)17-13-7-4-11(14)9-16-13/h2-7,9H,8H2. The van der Waals surface area contributed by atoms with E-state index < -0.39 is 0 Å². The summed E-state index contributed by atoms with van der Waals surface area (Å²) in [6.45, 7) is 7.15. The van der Waals surface area contributed by atoms with E-state index in [2.05, 4.69) is 9.83 Å². The van der Waals surface area contributed by atoms with Gasteiger partial charge in [-0.25, -0.2) is 11.6 Å². The van der Waals surface area contributed by atoms with Crippen LogP contribution >= 0.6 is 11.6 Å². The van der Waals surface area contributed by atoms with Gasteiger partial charge in [0.05, 0.1) is 5.02 Å². The number of ether oxygens (including phenoxy) is 1. The Labute approximate surface area is 104 Å². The topological polar surface area (TPSA) is 26.5 Å². The van der Waals surface area contributed by atoms with Crippen LogP contribution in [0.5, 0.6) is 11.6 Å². The lowest BCUT2D eigenvalue weighted by molar-refractivity contribution is 0.463. The van der Waals surface area contributed by atoms with Crippen LogP contribution in [-0.2, 0) is 6.54 Å². The lowest BCUT2D eigenvalue weighted by Crippen LogP contribution is -1.87. The van der Waals surface area contributed by atoms with Crippen LogP contribution in [0, 0.1) is 6.57 Å². The summed E-state index contributed by atoms with van der Waals surface area (Å²) in [4.78, 5) is 7.34. The highest BCUT2D eigenvalue weighted by molar-refractivity contribution is 6.30. The third kappa shape index (κ3) is 3.20. The van der Waals surface area contributed by atoms with E-state index in [-0.39, 0.29) is 0 Å². The molecule has 84 valence electrons. The zero-order chi connectivity index (χ0) is 12.1. The minimum Gasteiger partial charge on any atom is -0.439 e. The largest absolute Gasteiger partial charge is 0.439 e. The van der Waals surface area contributed by atoms with Gasteiger partial charge in [0.25, 0.3) is 0 Å². The number of hydrogen-bond donors (Lipinski definition) is 0. The molecule has 1 heterocycles. The van der Waals surface area contributed by atoms with E-state index in [1.807, 2.05) is 24.3 Å². The number of aromatic nitrogens is 1. The SMILES string of the molecule is [C-]#[N+]Cc1ccc(Oc2ccc(Cl)cn2)cc1. The molecular weight excluding hydrogens is 236 g/mol. The Morgan fingerprint density at radius 2 is 1.94 bits per heavy atom. The van der Waals surface area contributed by atoms with Crippen LogP contribution in [0.3, 0.4) is 0 Å². The van der Waals surface area contributed by atoms with Gasteiger partial charge in [-0.2, -0.15) is 0 Å². The molecule has 0 unspecified atom stereocenters. The molecular formula is C13H9ClN2O. The summed E-state index contributed by atoms with van der Waals surface area (Å²) in [5, 5.41) is 0.574. The van der Waals surface area contributed by atoms with Crippen molar-refractivity contribution in [3.8, 4) is 11.6 Å². The monoisotopic (exact) mass is 244 g/mol. The molecule has 2 rings (SSSR count). The fourth-order valence-electron chi connectivity index (χ4n) is 1.30. The molecule has 0 saturated heterocycles. The van der Waals surface area contributed by atoms with Gasteiger partial charge < -0.3 is 9.58 Å². The molecule has 0 saturated carbocycles. The van der Waals surface area contributed by atoms with Gasteiger partial charge in [-0.3, -0.25) is 0 Å². The highest BCUT2D eigenvalue weighted by Crippen LogP contribution is 2.21. The second-order valence-electron chi connectivity index (χ2n) is 3.38.